The van der Waals surface area contributed by atoms with Gasteiger partial charge in [0.1, 0.15) is 0 Å². The Balaban J connectivity index is 2.06. The number of carbonyl (C=O) groups is 2. The number of nitrogens with two attached hydrogens (primary N) is 1. The van der Waals surface area contributed by atoms with E-state index in [4.69, 9.17) is 11.0 Å². The number of amides is 2. The Kier molecular flexibility index (Phi) is 4.94. The van der Waals surface area contributed by atoms with Crippen LogP contribution in [0.15, 0.2) is 24.3 Å². The van der Waals surface area contributed by atoms with Gasteiger partial charge in [-0.2, -0.15) is 5.26 Å². The second-order valence-electron chi connectivity index (χ2n) is 5.41. The first-order chi connectivity index (χ1) is 10.1. The molecule has 0 radical (unpaired) electrons. The van der Waals surface area contributed by atoms with E-state index in [0.717, 1.165) is 31.2 Å². The normalized spacial score (nSPS) is 14.6. The summed E-state index contributed by atoms with van der Waals surface area (Å²) in [5, 5.41) is 8.76. The molecule has 1 aliphatic rings. The Morgan fingerprint density at radius 3 is 2.38 bits per heavy atom. The monoisotopic (exact) mass is 285 g/mol. The molecule has 110 valence electrons. The van der Waals surface area contributed by atoms with Gasteiger partial charge >= 0.3 is 0 Å². The zero-order valence-electron chi connectivity index (χ0n) is 11.9. The maximum Gasteiger partial charge on any atom is 0.237 e. The first kappa shape index (κ1) is 15.0. The van der Waals surface area contributed by atoms with Crippen LogP contribution in [0.2, 0.25) is 0 Å². The molecule has 0 unspecified atom stereocenters. The van der Waals surface area contributed by atoms with E-state index in [1.807, 2.05) is 6.07 Å². The van der Waals surface area contributed by atoms with Crippen molar-refractivity contribution < 1.29 is 9.59 Å². The number of hydrogen-bond acceptors (Lipinski definition) is 3. The van der Waals surface area contributed by atoms with Crippen LogP contribution in [0.1, 0.15) is 36.8 Å². The fourth-order valence-electron chi connectivity index (χ4n) is 2.78. The highest BCUT2D eigenvalue weighted by Gasteiger charge is 2.27. The van der Waals surface area contributed by atoms with Crippen molar-refractivity contribution in [2.24, 2.45) is 5.73 Å². The zero-order valence-corrected chi connectivity index (χ0v) is 11.9. The van der Waals surface area contributed by atoms with Gasteiger partial charge in [0.15, 0.2) is 0 Å². The molecule has 1 aromatic carbocycles. The summed E-state index contributed by atoms with van der Waals surface area (Å²) in [4.78, 5) is 25.3. The Morgan fingerprint density at radius 2 is 1.86 bits per heavy atom. The third kappa shape index (κ3) is 4.06. The molecule has 0 bridgehead atoms. The van der Waals surface area contributed by atoms with Crippen LogP contribution in [0.4, 0.5) is 0 Å². The molecule has 1 saturated carbocycles. The molecule has 0 heterocycles. The number of benzene rings is 1. The van der Waals surface area contributed by atoms with Gasteiger partial charge in [-0.25, -0.2) is 0 Å². The van der Waals surface area contributed by atoms with Crippen LogP contribution in [-0.2, 0) is 16.0 Å². The Morgan fingerprint density at radius 1 is 1.24 bits per heavy atom. The molecule has 2 amide bonds. The van der Waals surface area contributed by atoms with Crippen LogP contribution in [0.25, 0.3) is 0 Å². The van der Waals surface area contributed by atoms with E-state index in [-0.39, 0.29) is 24.9 Å². The minimum Gasteiger partial charge on any atom is -0.368 e. The minimum absolute atomic E-state index is 0.0141. The summed E-state index contributed by atoms with van der Waals surface area (Å²) in [5.41, 5.74) is 6.67. The Hall–Kier alpha value is -2.35. The van der Waals surface area contributed by atoms with Crippen molar-refractivity contribution >= 4 is 11.8 Å². The number of carbonyl (C=O) groups excluding carboxylic acids is 2. The van der Waals surface area contributed by atoms with Crippen molar-refractivity contribution in [1.29, 1.82) is 5.26 Å². The molecule has 0 aliphatic heterocycles. The van der Waals surface area contributed by atoms with Crippen LogP contribution in [0, 0.1) is 11.3 Å². The lowest BCUT2D eigenvalue weighted by molar-refractivity contribution is -0.136. The lowest BCUT2D eigenvalue weighted by Gasteiger charge is -2.28. The topological polar surface area (TPSA) is 87.2 Å². The van der Waals surface area contributed by atoms with Gasteiger partial charge in [0.25, 0.3) is 0 Å². The molecule has 0 atom stereocenters. The van der Waals surface area contributed by atoms with Crippen LogP contribution in [0.3, 0.4) is 0 Å². The van der Waals surface area contributed by atoms with Crippen molar-refractivity contribution in [3.63, 3.8) is 0 Å². The highest BCUT2D eigenvalue weighted by Crippen LogP contribution is 2.24. The Bertz CT molecular complexity index is 554. The minimum atomic E-state index is -0.477. The highest BCUT2D eigenvalue weighted by molar-refractivity contribution is 5.85. The van der Waals surface area contributed by atoms with Crippen molar-refractivity contribution in [1.82, 2.24) is 4.90 Å². The number of primary amides is 1. The SMILES string of the molecule is N#Cc1ccc(CC(=O)N(CC(N)=O)C2CCCC2)cc1. The molecule has 0 aromatic heterocycles. The second-order valence-corrected chi connectivity index (χ2v) is 5.41. The highest BCUT2D eigenvalue weighted by atomic mass is 16.2. The summed E-state index contributed by atoms with van der Waals surface area (Å²) >= 11 is 0. The van der Waals surface area contributed by atoms with Gasteiger partial charge < -0.3 is 10.6 Å². The summed E-state index contributed by atoms with van der Waals surface area (Å²) in [7, 11) is 0. The lowest BCUT2D eigenvalue weighted by Crippen LogP contribution is -2.44. The molecule has 5 heteroatoms. The largest absolute Gasteiger partial charge is 0.368 e. The van der Waals surface area contributed by atoms with E-state index in [1.54, 1.807) is 29.2 Å². The first-order valence-electron chi connectivity index (χ1n) is 7.17. The predicted molar refractivity (Wildman–Crippen MR) is 78.0 cm³/mol. The standard InChI is InChI=1S/C16H19N3O2/c17-10-13-7-5-12(6-8-13)9-16(21)19(11-15(18)20)14-3-1-2-4-14/h5-8,14H,1-4,9,11H2,(H2,18,20). The Labute approximate surface area is 124 Å². The van der Waals surface area contributed by atoms with Gasteiger partial charge in [-0.1, -0.05) is 25.0 Å². The maximum atomic E-state index is 12.4. The van der Waals surface area contributed by atoms with E-state index in [2.05, 4.69) is 0 Å². The smallest absolute Gasteiger partial charge is 0.237 e. The predicted octanol–water partition coefficient (Wildman–Crippen LogP) is 1.36. The number of nitrogens with zero attached hydrogens (tertiary/aromatic N) is 2. The van der Waals surface area contributed by atoms with E-state index in [0.29, 0.717) is 5.56 Å². The summed E-state index contributed by atoms with van der Waals surface area (Å²) in [5.74, 6) is -0.555. The van der Waals surface area contributed by atoms with Crippen molar-refractivity contribution in [3.05, 3.63) is 35.4 Å². The van der Waals surface area contributed by atoms with Gasteiger partial charge in [0, 0.05) is 6.04 Å². The molecule has 5 nitrogen and oxygen atoms in total. The van der Waals surface area contributed by atoms with Crippen molar-refractivity contribution in [2.75, 3.05) is 6.54 Å². The van der Waals surface area contributed by atoms with Crippen LogP contribution in [0.5, 0.6) is 0 Å². The molecular formula is C16H19N3O2. The summed E-state index contributed by atoms with van der Waals surface area (Å²) in [6, 6.07) is 9.10. The zero-order chi connectivity index (χ0) is 15.2. The van der Waals surface area contributed by atoms with E-state index >= 15 is 0 Å². The maximum absolute atomic E-state index is 12.4. The molecule has 0 spiro atoms. The first-order valence-corrected chi connectivity index (χ1v) is 7.17. The second kappa shape index (κ2) is 6.89. The van der Waals surface area contributed by atoms with Crippen LogP contribution in [-0.4, -0.2) is 29.3 Å². The van der Waals surface area contributed by atoms with E-state index in [1.165, 1.54) is 0 Å². The summed E-state index contributed by atoms with van der Waals surface area (Å²) in [6.45, 7) is -0.0141. The third-order valence-corrected chi connectivity index (χ3v) is 3.85. The fraction of sp³-hybridized carbons (Fsp3) is 0.438. The summed E-state index contributed by atoms with van der Waals surface area (Å²) in [6.07, 6.45) is 4.28. The number of rotatable bonds is 5. The quantitative estimate of drug-likeness (QED) is 0.886. The van der Waals surface area contributed by atoms with Gasteiger partial charge in [-0.3, -0.25) is 9.59 Å². The van der Waals surface area contributed by atoms with Crippen molar-refractivity contribution in [3.8, 4) is 6.07 Å². The molecular weight excluding hydrogens is 266 g/mol. The van der Waals surface area contributed by atoms with Crippen LogP contribution < -0.4 is 5.73 Å². The molecule has 1 fully saturated rings. The lowest BCUT2D eigenvalue weighted by atomic mass is 10.1. The van der Waals surface area contributed by atoms with Gasteiger partial charge in [-0.05, 0) is 30.5 Å². The average molecular weight is 285 g/mol. The third-order valence-electron chi connectivity index (χ3n) is 3.85. The van der Waals surface area contributed by atoms with Gasteiger partial charge in [0.2, 0.25) is 11.8 Å². The number of hydrogen-bond donors (Lipinski definition) is 1. The van der Waals surface area contributed by atoms with Crippen LogP contribution >= 0.6 is 0 Å². The average Bonchev–Trinajstić information content (AvgIpc) is 2.99. The molecule has 2 N–H and O–H groups in total. The fourth-order valence-corrected chi connectivity index (χ4v) is 2.78. The van der Waals surface area contributed by atoms with Gasteiger partial charge in [0.05, 0.1) is 24.6 Å². The number of nitriles is 1. The molecule has 21 heavy (non-hydrogen) atoms. The molecule has 1 aromatic rings. The van der Waals surface area contributed by atoms with Gasteiger partial charge in [-0.15, -0.1) is 0 Å². The molecule has 0 saturated heterocycles. The molecule has 2 rings (SSSR count). The molecule has 1 aliphatic carbocycles. The van der Waals surface area contributed by atoms with Crippen molar-refractivity contribution in [2.45, 2.75) is 38.1 Å². The van der Waals surface area contributed by atoms with E-state index in [9.17, 15) is 9.59 Å². The summed E-state index contributed by atoms with van der Waals surface area (Å²) < 4.78 is 0. The van der Waals surface area contributed by atoms with E-state index < -0.39 is 5.91 Å².